The first-order chi connectivity index (χ1) is 19.3. The van der Waals surface area contributed by atoms with Crippen molar-refractivity contribution in [3.8, 4) is 0 Å². The monoisotopic (exact) mass is 554 g/mol. The van der Waals surface area contributed by atoms with Crippen LogP contribution in [0.25, 0.3) is 0 Å². The topological polar surface area (TPSA) is 71.1 Å². The molecule has 0 atom stereocenters. The van der Waals surface area contributed by atoms with Crippen LogP contribution in [0, 0.1) is 27.7 Å². The Bertz CT molecular complexity index is 964. The molecule has 0 spiro atoms. The first-order valence-electron chi connectivity index (χ1n) is 15.2. The second-order valence-corrected chi connectivity index (χ2v) is 11.0. The number of hydrogen-bond acceptors (Lipinski definition) is 6. The second-order valence-electron chi connectivity index (χ2n) is 11.0. The number of carbonyl (C=O) groups is 2. The Labute approximate surface area is 241 Å². The van der Waals surface area contributed by atoms with Gasteiger partial charge in [0.15, 0.2) is 0 Å². The molecule has 0 N–H and O–H groups in total. The highest BCUT2D eigenvalue weighted by atomic mass is 17.3. The van der Waals surface area contributed by atoms with Crippen LogP contribution in [0.2, 0.25) is 0 Å². The molecule has 0 bridgehead atoms. The van der Waals surface area contributed by atoms with Gasteiger partial charge in [0.1, 0.15) is 0 Å². The molecule has 0 aromatic heterocycles. The predicted octanol–water partition coefficient (Wildman–Crippen LogP) is 9.60. The maximum atomic E-state index is 12.6. The third-order valence-electron chi connectivity index (χ3n) is 7.21. The van der Waals surface area contributed by atoms with Gasteiger partial charge in [-0.05, 0) is 57.4 Å². The van der Waals surface area contributed by atoms with Crippen LogP contribution in [-0.4, -0.2) is 18.2 Å². The number of carbonyl (C=O) groups excluding carboxylic acids is 2. The molecule has 0 heterocycles. The molecule has 0 aliphatic carbocycles. The molecular formula is C34H50O6. The lowest BCUT2D eigenvalue weighted by Crippen LogP contribution is -2.22. The first-order valence-corrected chi connectivity index (χ1v) is 15.2. The minimum atomic E-state index is -1.02. The molecule has 40 heavy (non-hydrogen) atoms. The van der Waals surface area contributed by atoms with E-state index in [0.717, 1.165) is 41.5 Å². The summed E-state index contributed by atoms with van der Waals surface area (Å²) in [6, 6.07) is 10.9. The molecule has 222 valence electrons. The van der Waals surface area contributed by atoms with Crippen molar-refractivity contribution in [3.05, 3.63) is 69.8 Å². The summed E-state index contributed by atoms with van der Waals surface area (Å²) in [6.45, 7) is 9.86. The summed E-state index contributed by atoms with van der Waals surface area (Å²) in [6.07, 6.45) is 15.5. The van der Waals surface area contributed by atoms with Crippen LogP contribution in [0.4, 0.5) is 0 Å². The molecule has 6 heteroatoms. The van der Waals surface area contributed by atoms with Gasteiger partial charge in [0.2, 0.25) is 6.29 Å². The lowest BCUT2D eigenvalue weighted by Gasteiger charge is -2.16. The standard InChI is InChI=1S/C34H50O6/c1-6-7-8-9-10-11-12-13-14-15-16-17-18-19-32(37-39-33(35)30-22-20-26(2)24-28(30)4)38-40-34(36)31-23-21-27(3)25-29(31)5/h20-25,32H,6-19H2,1-5H3. The Morgan fingerprint density at radius 3 is 1.32 bits per heavy atom. The van der Waals surface area contributed by atoms with E-state index >= 15 is 0 Å². The zero-order valence-corrected chi connectivity index (χ0v) is 25.4. The van der Waals surface area contributed by atoms with E-state index in [-0.39, 0.29) is 0 Å². The third kappa shape index (κ3) is 13.1. The van der Waals surface area contributed by atoms with E-state index in [2.05, 4.69) is 6.92 Å². The summed E-state index contributed by atoms with van der Waals surface area (Å²) < 4.78 is 0. The smallest absolute Gasteiger partial charge is 0.290 e. The summed E-state index contributed by atoms with van der Waals surface area (Å²) in [7, 11) is 0. The van der Waals surface area contributed by atoms with Crippen molar-refractivity contribution in [3.63, 3.8) is 0 Å². The zero-order valence-electron chi connectivity index (χ0n) is 25.4. The molecule has 0 fully saturated rings. The van der Waals surface area contributed by atoms with Crippen LogP contribution in [0.3, 0.4) is 0 Å². The quantitative estimate of drug-likeness (QED) is 0.0702. The fraction of sp³-hybridized carbons (Fsp3) is 0.588. The van der Waals surface area contributed by atoms with E-state index in [0.29, 0.717) is 17.5 Å². The van der Waals surface area contributed by atoms with Gasteiger partial charge in [-0.3, -0.25) is 9.78 Å². The molecule has 0 saturated carbocycles. The van der Waals surface area contributed by atoms with Crippen molar-refractivity contribution in [2.45, 2.75) is 131 Å². The molecule has 2 aromatic carbocycles. The highest BCUT2D eigenvalue weighted by Gasteiger charge is 2.21. The van der Waals surface area contributed by atoms with Crippen LogP contribution in [-0.2, 0) is 19.6 Å². The number of hydrogen-bond donors (Lipinski definition) is 0. The van der Waals surface area contributed by atoms with Crippen molar-refractivity contribution in [1.29, 1.82) is 0 Å². The first kappa shape index (κ1) is 33.5. The van der Waals surface area contributed by atoms with Crippen molar-refractivity contribution < 1.29 is 29.1 Å². The molecule has 0 saturated heterocycles. The molecule has 2 aromatic rings. The van der Waals surface area contributed by atoms with Crippen LogP contribution in [0.15, 0.2) is 36.4 Å². The molecule has 0 unspecified atom stereocenters. The highest BCUT2D eigenvalue weighted by molar-refractivity contribution is 5.91. The molecule has 0 amide bonds. The van der Waals surface area contributed by atoms with Gasteiger partial charge in [-0.1, -0.05) is 119 Å². The number of benzene rings is 2. The second kappa shape index (κ2) is 19.4. The largest absolute Gasteiger partial charge is 0.373 e. The summed E-state index contributed by atoms with van der Waals surface area (Å²) >= 11 is 0. The van der Waals surface area contributed by atoms with Gasteiger partial charge in [0, 0.05) is 6.42 Å². The molecule has 0 aliphatic rings. The van der Waals surface area contributed by atoms with Gasteiger partial charge in [0.05, 0.1) is 11.1 Å². The Morgan fingerprint density at radius 1 is 0.575 bits per heavy atom. The Hall–Kier alpha value is -2.70. The van der Waals surface area contributed by atoms with Crippen LogP contribution >= 0.6 is 0 Å². The van der Waals surface area contributed by atoms with Crippen LogP contribution in [0.5, 0.6) is 0 Å². The summed E-state index contributed by atoms with van der Waals surface area (Å²) in [4.78, 5) is 46.1. The maximum absolute atomic E-state index is 12.6. The Balaban J connectivity index is 1.77. The van der Waals surface area contributed by atoms with E-state index < -0.39 is 18.2 Å². The van der Waals surface area contributed by atoms with Gasteiger partial charge < -0.3 is 0 Å². The van der Waals surface area contributed by atoms with E-state index in [9.17, 15) is 9.59 Å². The average Bonchev–Trinajstić information content (AvgIpc) is 2.92. The lowest BCUT2D eigenvalue weighted by atomic mass is 10.0. The van der Waals surface area contributed by atoms with Crippen molar-refractivity contribution in [2.75, 3.05) is 0 Å². The molecule has 6 nitrogen and oxygen atoms in total. The Morgan fingerprint density at radius 2 is 0.950 bits per heavy atom. The molecule has 2 rings (SSSR count). The zero-order chi connectivity index (χ0) is 29.2. The highest BCUT2D eigenvalue weighted by Crippen LogP contribution is 2.18. The summed E-state index contributed by atoms with van der Waals surface area (Å²) in [5.74, 6) is -1.23. The fourth-order valence-corrected chi connectivity index (χ4v) is 4.81. The van der Waals surface area contributed by atoms with Gasteiger partial charge in [-0.15, -0.1) is 9.78 Å². The SMILES string of the molecule is CCCCCCCCCCCCCCCC(OOC(=O)c1ccc(C)cc1C)OOC(=O)c1ccc(C)cc1C. The van der Waals surface area contributed by atoms with Gasteiger partial charge in [0.25, 0.3) is 0 Å². The summed E-state index contributed by atoms with van der Waals surface area (Å²) in [5, 5.41) is 0. The maximum Gasteiger partial charge on any atom is 0.373 e. The van der Waals surface area contributed by atoms with Crippen molar-refractivity contribution in [1.82, 2.24) is 0 Å². The van der Waals surface area contributed by atoms with Crippen molar-refractivity contribution in [2.24, 2.45) is 0 Å². The lowest BCUT2D eigenvalue weighted by molar-refractivity contribution is -0.421. The fourth-order valence-electron chi connectivity index (χ4n) is 4.81. The van der Waals surface area contributed by atoms with Crippen molar-refractivity contribution >= 4 is 11.9 Å². The predicted molar refractivity (Wildman–Crippen MR) is 159 cm³/mol. The van der Waals surface area contributed by atoms with E-state index in [1.165, 1.54) is 64.2 Å². The number of aryl methyl sites for hydroxylation is 4. The van der Waals surface area contributed by atoms with E-state index in [1.807, 2.05) is 52.0 Å². The molecule has 0 aliphatic heterocycles. The van der Waals surface area contributed by atoms with Gasteiger partial charge >= 0.3 is 11.9 Å². The average molecular weight is 555 g/mol. The Kier molecular flexibility index (Phi) is 16.2. The van der Waals surface area contributed by atoms with E-state index in [1.54, 1.807) is 12.1 Å². The minimum absolute atomic E-state index is 0.414. The van der Waals surface area contributed by atoms with Gasteiger partial charge in [-0.2, -0.15) is 0 Å². The third-order valence-corrected chi connectivity index (χ3v) is 7.21. The minimum Gasteiger partial charge on any atom is -0.290 e. The number of rotatable bonds is 20. The summed E-state index contributed by atoms with van der Waals surface area (Å²) in [5.41, 5.74) is 4.52. The number of unbranched alkanes of at least 4 members (excludes halogenated alkanes) is 12. The van der Waals surface area contributed by atoms with Crippen LogP contribution < -0.4 is 0 Å². The van der Waals surface area contributed by atoms with Crippen LogP contribution in [0.1, 0.15) is 140 Å². The molecular weight excluding hydrogens is 504 g/mol. The van der Waals surface area contributed by atoms with E-state index in [4.69, 9.17) is 19.6 Å². The molecule has 0 radical (unpaired) electrons. The normalized spacial score (nSPS) is 11.2. The van der Waals surface area contributed by atoms with Gasteiger partial charge in [-0.25, -0.2) is 9.59 Å².